The summed E-state index contributed by atoms with van der Waals surface area (Å²) in [5, 5.41) is 10.7. The van der Waals surface area contributed by atoms with Gasteiger partial charge in [0.15, 0.2) is 0 Å². The van der Waals surface area contributed by atoms with E-state index in [0.29, 0.717) is 5.92 Å². The van der Waals surface area contributed by atoms with E-state index in [4.69, 9.17) is 0 Å². The van der Waals surface area contributed by atoms with Crippen LogP contribution in [-0.2, 0) is 4.79 Å². The van der Waals surface area contributed by atoms with Crippen LogP contribution in [0.4, 0.5) is 0 Å². The molecule has 1 aromatic heterocycles. The van der Waals surface area contributed by atoms with Crippen LogP contribution in [-0.4, -0.2) is 40.1 Å². The zero-order chi connectivity index (χ0) is 15.0. The van der Waals surface area contributed by atoms with Crippen LogP contribution in [0.25, 0.3) is 10.9 Å². The summed E-state index contributed by atoms with van der Waals surface area (Å²) in [7, 11) is 0. The first-order valence-corrected chi connectivity index (χ1v) is 7.62. The Morgan fingerprint density at radius 3 is 2.67 bits per heavy atom. The van der Waals surface area contributed by atoms with E-state index in [1.165, 1.54) is 29.1 Å². The molecule has 1 fully saturated rings. The third kappa shape index (κ3) is 2.56. The van der Waals surface area contributed by atoms with Gasteiger partial charge in [-0.15, -0.1) is 0 Å². The Morgan fingerprint density at radius 1 is 1.33 bits per heavy atom. The van der Waals surface area contributed by atoms with Gasteiger partial charge in [0.25, 0.3) is 5.91 Å². The van der Waals surface area contributed by atoms with Gasteiger partial charge in [0.2, 0.25) is 0 Å². The average Bonchev–Trinajstić information content (AvgIpc) is 2.82. The van der Waals surface area contributed by atoms with Crippen LogP contribution in [0.1, 0.15) is 36.9 Å². The zero-order valence-corrected chi connectivity index (χ0v) is 12.6. The molecule has 1 saturated heterocycles. The summed E-state index contributed by atoms with van der Waals surface area (Å²) in [6.07, 6.45) is 1.03. The van der Waals surface area contributed by atoms with Crippen molar-refractivity contribution in [2.24, 2.45) is 0 Å². The number of para-hydroxylation sites is 1. The average molecular weight is 286 g/mol. The molecular weight excluding hydrogens is 264 g/mol. The van der Waals surface area contributed by atoms with Gasteiger partial charge in [-0.3, -0.25) is 4.79 Å². The van der Waals surface area contributed by atoms with Gasteiger partial charge in [0.1, 0.15) is 6.10 Å². The summed E-state index contributed by atoms with van der Waals surface area (Å²) in [5.74, 6) is 0.336. The minimum Gasteiger partial charge on any atom is -0.384 e. The highest BCUT2D eigenvalue weighted by atomic mass is 16.3. The van der Waals surface area contributed by atoms with E-state index in [1.54, 1.807) is 4.90 Å². The van der Waals surface area contributed by atoms with E-state index in [2.05, 4.69) is 30.1 Å². The minimum absolute atomic E-state index is 0.149. The van der Waals surface area contributed by atoms with Gasteiger partial charge in [-0.2, -0.15) is 0 Å². The van der Waals surface area contributed by atoms with Crippen molar-refractivity contribution >= 4 is 16.8 Å². The van der Waals surface area contributed by atoms with Crippen molar-refractivity contribution in [1.29, 1.82) is 0 Å². The van der Waals surface area contributed by atoms with Crippen LogP contribution < -0.4 is 0 Å². The number of benzene rings is 1. The molecule has 3 rings (SSSR count). The second-order valence-electron chi connectivity index (χ2n) is 5.98. The molecule has 0 spiro atoms. The molecule has 2 heterocycles. The Morgan fingerprint density at radius 2 is 2.00 bits per heavy atom. The molecule has 1 amide bonds. The van der Waals surface area contributed by atoms with Crippen LogP contribution in [0.2, 0.25) is 0 Å². The molecule has 1 unspecified atom stereocenters. The van der Waals surface area contributed by atoms with Crippen LogP contribution in [0.3, 0.4) is 0 Å². The van der Waals surface area contributed by atoms with Gasteiger partial charge in [0.05, 0.1) is 0 Å². The second kappa shape index (κ2) is 5.53. The number of carbonyl (C=O) groups is 1. The number of piperidine rings is 1. The predicted molar refractivity (Wildman–Crippen MR) is 83.3 cm³/mol. The van der Waals surface area contributed by atoms with E-state index in [9.17, 15) is 9.90 Å². The van der Waals surface area contributed by atoms with Crippen LogP contribution >= 0.6 is 0 Å². The van der Waals surface area contributed by atoms with E-state index >= 15 is 0 Å². The fourth-order valence-electron chi connectivity index (χ4n) is 3.48. The summed E-state index contributed by atoms with van der Waals surface area (Å²) in [5.41, 5.74) is 3.82. The van der Waals surface area contributed by atoms with Gasteiger partial charge in [-0.05, 0) is 44.2 Å². The number of aromatic nitrogens is 1. The first-order chi connectivity index (χ1) is 10.1. The fourth-order valence-corrected chi connectivity index (χ4v) is 3.48. The van der Waals surface area contributed by atoms with E-state index in [0.717, 1.165) is 25.9 Å². The minimum atomic E-state index is -0.892. The number of amides is 1. The lowest BCUT2D eigenvalue weighted by molar-refractivity contribution is -0.140. The first kappa shape index (κ1) is 14.1. The lowest BCUT2D eigenvalue weighted by Gasteiger charge is -2.33. The Kier molecular flexibility index (Phi) is 3.72. The van der Waals surface area contributed by atoms with E-state index < -0.39 is 6.10 Å². The number of aliphatic hydroxyl groups is 1. The Hall–Kier alpha value is -1.81. The predicted octanol–water partition coefficient (Wildman–Crippen LogP) is 2.56. The summed E-state index contributed by atoms with van der Waals surface area (Å²) in [6, 6.07) is 8.40. The number of aryl methyl sites for hydroxylation is 1. The molecular formula is C17H22N2O2. The number of H-pyrrole nitrogens is 1. The molecule has 0 radical (unpaired) electrons. The molecule has 2 aromatic rings. The lowest BCUT2D eigenvalue weighted by Crippen LogP contribution is -2.42. The molecule has 0 aliphatic carbocycles. The van der Waals surface area contributed by atoms with Gasteiger partial charge < -0.3 is 15.0 Å². The quantitative estimate of drug-likeness (QED) is 0.891. The van der Waals surface area contributed by atoms with Crippen LogP contribution in [0, 0.1) is 6.92 Å². The maximum Gasteiger partial charge on any atom is 0.251 e. The highest BCUT2D eigenvalue weighted by Gasteiger charge is 2.28. The third-order valence-electron chi connectivity index (χ3n) is 4.52. The van der Waals surface area contributed by atoms with Crippen molar-refractivity contribution in [3.05, 3.63) is 35.5 Å². The SMILES string of the molecule is Cc1[nH]c2ccccc2c1C1CCN(C(=O)C(C)O)CC1. The van der Waals surface area contributed by atoms with E-state index in [-0.39, 0.29) is 5.91 Å². The molecule has 21 heavy (non-hydrogen) atoms. The largest absolute Gasteiger partial charge is 0.384 e. The maximum absolute atomic E-state index is 11.8. The van der Waals surface area contributed by atoms with Crippen molar-refractivity contribution < 1.29 is 9.90 Å². The summed E-state index contributed by atoms with van der Waals surface area (Å²) in [6.45, 7) is 5.13. The Bertz CT molecular complexity index is 652. The Balaban J connectivity index is 1.80. The fraction of sp³-hybridized carbons (Fsp3) is 0.471. The number of fused-ring (bicyclic) bond motifs is 1. The molecule has 2 N–H and O–H groups in total. The summed E-state index contributed by atoms with van der Waals surface area (Å²) < 4.78 is 0. The normalized spacial score (nSPS) is 18.1. The molecule has 4 nitrogen and oxygen atoms in total. The number of carbonyl (C=O) groups excluding carboxylic acids is 1. The molecule has 0 bridgehead atoms. The van der Waals surface area contributed by atoms with Gasteiger partial charge in [-0.25, -0.2) is 0 Å². The second-order valence-corrected chi connectivity index (χ2v) is 5.98. The number of likely N-dealkylation sites (tertiary alicyclic amines) is 1. The highest BCUT2D eigenvalue weighted by molar-refractivity contribution is 5.85. The third-order valence-corrected chi connectivity index (χ3v) is 4.52. The van der Waals surface area contributed by atoms with Crippen LogP contribution in [0.5, 0.6) is 0 Å². The monoisotopic (exact) mass is 286 g/mol. The molecule has 112 valence electrons. The highest BCUT2D eigenvalue weighted by Crippen LogP contribution is 2.35. The topological polar surface area (TPSA) is 56.3 Å². The number of aliphatic hydroxyl groups excluding tert-OH is 1. The van der Waals surface area contributed by atoms with Crippen molar-refractivity contribution in [2.45, 2.75) is 38.7 Å². The van der Waals surface area contributed by atoms with Gasteiger partial charge >= 0.3 is 0 Å². The zero-order valence-electron chi connectivity index (χ0n) is 12.6. The first-order valence-electron chi connectivity index (χ1n) is 7.62. The molecule has 1 aliphatic rings. The number of rotatable bonds is 2. The number of hydrogen-bond donors (Lipinski definition) is 2. The van der Waals surface area contributed by atoms with Crippen molar-refractivity contribution in [1.82, 2.24) is 9.88 Å². The standard InChI is InChI=1S/C17H22N2O2/c1-11-16(14-5-3-4-6-15(14)18-11)13-7-9-19(10-8-13)17(21)12(2)20/h3-6,12-13,18,20H,7-10H2,1-2H3. The number of aromatic amines is 1. The maximum atomic E-state index is 11.8. The van der Waals surface area contributed by atoms with Crippen molar-refractivity contribution in [3.63, 3.8) is 0 Å². The number of hydrogen-bond acceptors (Lipinski definition) is 2. The molecule has 4 heteroatoms. The Labute approximate surface area is 124 Å². The molecule has 0 saturated carbocycles. The van der Waals surface area contributed by atoms with Crippen molar-refractivity contribution in [2.75, 3.05) is 13.1 Å². The summed E-state index contributed by atoms with van der Waals surface area (Å²) in [4.78, 5) is 17.1. The molecule has 1 atom stereocenters. The van der Waals surface area contributed by atoms with E-state index in [1.807, 2.05) is 6.07 Å². The molecule has 1 aromatic carbocycles. The number of nitrogens with one attached hydrogen (secondary N) is 1. The van der Waals surface area contributed by atoms with Gasteiger partial charge in [0, 0.05) is 29.7 Å². The molecule has 1 aliphatic heterocycles. The lowest BCUT2D eigenvalue weighted by atomic mass is 9.87. The number of nitrogens with zero attached hydrogens (tertiary/aromatic N) is 1. The van der Waals surface area contributed by atoms with Gasteiger partial charge in [-0.1, -0.05) is 18.2 Å². The smallest absolute Gasteiger partial charge is 0.251 e. The van der Waals surface area contributed by atoms with Crippen molar-refractivity contribution in [3.8, 4) is 0 Å². The summed E-state index contributed by atoms with van der Waals surface area (Å²) >= 11 is 0. The van der Waals surface area contributed by atoms with Crippen LogP contribution in [0.15, 0.2) is 24.3 Å².